The van der Waals surface area contributed by atoms with E-state index in [0.717, 1.165) is 0 Å². The first kappa shape index (κ1) is 12.7. The Bertz CT molecular complexity index is 697. The number of carbonyl (C=O) groups is 1. The molecule has 2 N–H and O–H groups in total. The number of amides is 1. The lowest BCUT2D eigenvalue weighted by atomic mass is 10.3. The van der Waals surface area contributed by atoms with Crippen molar-refractivity contribution < 1.29 is 13.9 Å². The maximum atomic E-state index is 12.2. The van der Waals surface area contributed by atoms with Crippen molar-refractivity contribution in [2.45, 2.75) is 6.54 Å². The van der Waals surface area contributed by atoms with Crippen molar-refractivity contribution in [3.63, 3.8) is 0 Å². The van der Waals surface area contributed by atoms with Gasteiger partial charge in [-0.1, -0.05) is 0 Å². The molecule has 1 aliphatic heterocycles. The monoisotopic (exact) mass is 277 g/mol. The van der Waals surface area contributed by atoms with Crippen LogP contribution < -0.4 is 11.5 Å². The molecule has 1 amide bonds. The summed E-state index contributed by atoms with van der Waals surface area (Å²) >= 11 is 0. The highest BCUT2D eigenvalue weighted by molar-refractivity contribution is 5.81. The van der Waals surface area contributed by atoms with E-state index in [2.05, 4.69) is 0 Å². The van der Waals surface area contributed by atoms with Crippen molar-refractivity contribution in [3.05, 3.63) is 28.7 Å². The Morgan fingerprint density at radius 3 is 2.80 bits per heavy atom. The molecule has 0 radical (unpaired) electrons. The summed E-state index contributed by atoms with van der Waals surface area (Å²) in [5.41, 5.74) is 7.19. The molecule has 0 saturated carbocycles. The molecule has 20 heavy (non-hydrogen) atoms. The lowest BCUT2D eigenvalue weighted by molar-refractivity contribution is -0.135. The maximum Gasteiger partial charge on any atom is 0.420 e. The third kappa shape index (κ3) is 2.27. The van der Waals surface area contributed by atoms with Crippen molar-refractivity contribution in [2.24, 2.45) is 0 Å². The summed E-state index contributed by atoms with van der Waals surface area (Å²) < 4.78 is 11.6. The van der Waals surface area contributed by atoms with Gasteiger partial charge >= 0.3 is 5.76 Å². The number of hydrogen-bond donors (Lipinski definition) is 1. The Labute approximate surface area is 114 Å². The summed E-state index contributed by atoms with van der Waals surface area (Å²) in [6.45, 7) is 2.10. The number of carbonyl (C=O) groups excluding carboxylic acids is 1. The molecule has 0 bridgehead atoms. The number of benzene rings is 1. The summed E-state index contributed by atoms with van der Waals surface area (Å²) in [4.78, 5) is 25.7. The number of hydrogen-bond acceptors (Lipinski definition) is 5. The van der Waals surface area contributed by atoms with Gasteiger partial charge in [-0.3, -0.25) is 9.36 Å². The maximum absolute atomic E-state index is 12.2. The van der Waals surface area contributed by atoms with E-state index >= 15 is 0 Å². The zero-order chi connectivity index (χ0) is 14.1. The van der Waals surface area contributed by atoms with Crippen LogP contribution in [0.2, 0.25) is 0 Å². The quantitative estimate of drug-likeness (QED) is 0.782. The van der Waals surface area contributed by atoms with Crippen LogP contribution in [0.25, 0.3) is 11.1 Å². The molecule has 0 unspecified atom stereocenters. The molecule has 1 fully saturated rings. The van der Waals surface area contributed by atoms with E-state index < -0.39 is 5.76 Å². The molecule has 1 aromatic carbocycles. The van der Waals surface area contributed by atoms with Gasteiger partial charge in [0, 0.05) is 18.8 Å². The molecule has 2 heterocycles. The predicted octanol–water partition coefficient (Wildman–Crippen LogP) is 0.0355. The second-order valence-electron chi connectivity index (χ2n) is 4.67. The molecule has 0 spiro atoms. The van der Waals surface area contributed by atoms with Crippen molar-refractivity contribution in [3.8, 4) is 0 Å². The number of morpholine rings is 1. The Morgan fingerprint density at radius 1 is 1.30 bits per heavy atom. The van der Waals surface area contributed by atoms with Gasteiger partial charge in [-0.15, -0.1) is 0 Å². The van der Waals surface area contributed by atoms with Crippen molar-refractivity contribution >= 4 is 22.7 Å². The first-order chi connectivity index (χ1) is 9.65. The molecule has 0 atom stereocenters. The fourth-order valence-electron chi connectivity index (χ4n) is 2.28. The number of ether oxygens (including phenoxy) is 1. The minimum Gasteiger partial charge on any atom is -0.408 e. The van der Waals surface area contributed by atoms with Gasteiger partial charge < -0.3 is 19.8 Å². The second-order valence-corrected chi connectivity index (χ2v) is 4.67. The molecule has 7 nitrogen and oxygen atoms in total. The Hall–Kier alpha value is -2.28. The van der Waals surface area contributed by atoms with E-state index in [1.54, 1.807) is 23.1 Å². The summed E-state index contributed by atoms with van der Waals surface area (Å²) in [6, 6.07) is 4.91. The third-order valence-corrected chi connectivity index (χ3v) is 3.35. The summed E-state index contributed by atoms with van der Waals surface area (Å²) in [6.07, 6.45) is 0. The van der Waals surface area contributed by atoms with Crippen LogP contribution in [0.3, 0.4) is 0 Å². The molecule has 1 aromatic heterocycles. The smallest absolute Gasteiger partial charge is 0.408 e. The van der Waals surface area contributed by atoms with Crippen LogP contribution >= 0.6 is 0 Å². The fraction of sp³-hybridized carbons (Fsp3) is 0.385. The van der Waals surface area contributed by atoms with Crippen molar-refractivity contribution in [2.75, 3.05) is 32.0 Å². The highest BCUT2D eigenvalue weighted by atomic mass is 16.5. The first-order valence-corrected chi connectivity index (χ1v) is 6.39. The molecule has 2 aromatic rings. The standard InChI is InChI=1S/C13H15N3O4/c14-9-1-2-11-10(7-9)16(13(18)20-11)8-12(17)15-3-5-19-6-4-15/h1-2,7H,3-6,8,14H2. The van der Waals surface area contributed by atoms with E-state index in [4.69, 9.17) is 14.9 Å². The van der Waals surface area contributed by atoms with Gasteiger partial charge in [-0.05, 0) is 18.2 Å². The highest BCUT2D eigenvalue weighted by Crippen LogP contribution is 2.16. The van der Waals surface area contributed by atoms with Crippen LogP contribution in [-0.2, 0) is 16.1 Å². The number of nitrogens with two attached hydrogens (primary N) is 1. The largest absolute Gasteiger partial charge is 0.420 e. The lowest BCUT2D eigenvalue weighted by Crippen LogP contribution is -2.43. The van der Waals surface area contributed by atoms with Crippen molar-refractivity contribution in [1.29, 1.82) is 0 Å². The average molecular weight is 277 g/mol. The topological polar surface area (TPSA) is 90.7 Å². The Balaban J connectivity index is 1.90. The van der Waals surface area contributed by atoms with Crippen LogP contribution in [0.15, 0.2) is 27.4 Å². The zero-order valence-corrected chi connectivity index (χ0v) is 10.9. The number of nitrogens with zero attached hydrogens (tertiary/aromatic N) is 2. The normalized spacial score (nSPS) is 15.7. The lowest BCUT2D eigenvalue weighted by Gasteiger charge is -2.26. The SMILES string of the molecule is Nc1ccc2oc(=O)n(CC(=O)N3CCOCC3)c2c1. The van der Waals surface area contributed by atoms with Crippen LogP contribution in [0.1, 0.15) is 0 Å². The zero-order valence-electron chi connectivity index (χ0n) is 10.9. The van der Waals surface area contributed by atoms with E-state index in [1.807, 2.05) is 0 Å². The van der Waals surface area contributed by atoms with E-state index in [9.17, 15) is 9.59 Å². The van der Waals surface area contributed by atoms with E-state index in [0.29, 0.717) is 43.1 Å². The molecular formula is C13H15N3O4. The molecular weight excluding hydrogens is 262 g/mol. The molecule has 7 heteroatoms. The van der Waals surface area contributed by atoms with Crippen LogP contribution in [0.4, 0.5) is 5.69 Å². The molecule has 106 valence electrons. The first-order valence-electron chi connectivity index (χ1n) is 6.39. The van der Waals surface area contributed by atoms with Gasteiger partial charge in [-0.25, -0.2) is 4.79 Å². The molecule has 3 rings (SSSR count). The van der Waals surface area contributed by atoms with Crippen LogP contribution in [0, 0.1) is 0 Å². The number of nitrogen functional groups attached to an aromatic ring is 1. The summed E-state index contributed by atoms with van der Waals surface area (Å²) in [5.74, 6) is -0.673. The van der Waals surface area contributed by atoms with Crippen LogP contribution in [0.5, 0.6) is 0 Å². The summed E-state index contributed by atoms with van der Waals surface area (Å²) in [7, 11) is 0. The van der Waals surface area contributed by atoms with Gasteiger partial charge in [0.15, 0.2) is 5.58 Å². The van der Waals surface area contributed by atoms with Crippen molar-refractivity contribution in [1.82, 2.24) is 9.47 Å². The second kappa shape index (κ2) is 5.01. The van der Waals surface area contributed by atoms with Gasteiger partial charge in [0.25, 0.3) is 0 Å². The average Bonchev–Trinajstić information content (AvgIpc) is 2.76. The number of fused-ring (bicyclic) bond motifs is 1. The Morgan fingerprint density at radius 2 is 2.05 bits per heavy atom. The van der Waals surface area contributed by atoms with Gasteiger partial charge in [0.05, 0.1) is 18.7 Å². The number of oxazole rings is 1. The minimum absolute atomic E-state index is 0.0463. The van der Waals surface area contributed by atoms with Gasteiger partial charge in [0.1, 0.15) is 6.54 Å². The van der Waals surface area contributed by atoms with E-state index in [-0.39, 0.29) is 12.5 Å². The number of rotatable bonds is 2. The number of anilines is 1. The fourth-order valence-corrected chi connectivity index (χ4v) is 2.28. The van der Waals surface area contributed by atoms with Crippen LogP contribution in [-0.4, -0.2) is 41.7 Å². The predicted molar refractivity (Wildman–Crippen MR) is 72.3 cm³/mol. The molecule has 1 saturated heterocycles. The Kier molecular flexibility index (Phi) is 3.19. The highest BCUT2D eigenvalue weighted by Gasteiger charge is 2.19. The van der Waals surface area contributed by atoms with E-state index in [1.165, 1.54) is 4.57 Å². The molecule has 0 aliphatic carbocycles. The number of aromatic nitrogens is 1. The molecule has 1 aliphatic rings. The van der Waals surface area contributed by atoms with Gasteiger partial charge in [-0.2, -0.15) is 0 Å². The third-order valence-electron chi connectivity index (χ3n) is 3.35. The summed E-state index contributed by atoms with van der Waals surface area (Å²) in [5, 5.41) is 0. The van der Waals surface area contributed by atoms with Gasteiger partial charge in [0.2, 0.25) is 5.91 Å². The minimum atomic E-state index is -0.549.